The van der Waals surface area contributed by atoms with Crippen LogP contribution in [0.1, 0.15) is 31.4 Å². The molecule has 1 heteroatoms. The lowest BCUT2D eigenvalue weighted by atomic mass is 9.93. The molecule has 1 aliphatic heterocycles. The Morgan fingerprint density at radius 3 is 2.85 bits per heavy atom. The van der Waals surface area contributed by atoms with Crippen molar-refractivity contribution in [1.29, 1.82) is 0 Å². The molecule has 1 heterocycles. The molecule has 0 saturated heterocycles. The van der Waals surface area contributed by atoms with E-state index in [0.717, 1.165) is 18.6 Å². The first-order chi connectivity index (χ1) is 6.07. The van der Waals surface area contributed by atoms with E-state index < -0.39 is 0 Å². The summed E-state index contributed by atoms with van der Waals surface area (Å²) < 4.78 is 5.87. The van der Waals surface area contributed by atoms with Gasteiger partial charge >= 0.3 is 0 Å². The third-order valence-electron chi connectivity index (χ3n) is 2.60. The minimum atomic E-state index is 0.0161. The van der Waals surface area contributed by atoms with Crippen LogP contribution in [0.25, 0.3) is 0 Å². The fourth-order valence-electron chi connectivity index (χ4n) is 1.79. The van der Waals surface area contributed by atoms with E-state index in [0.29, 0.717) is 0 Å². The van der Waals surface area contributed by atoms with Crippen molar-refractivity contribution < 1.29 is 4.74 Å². The minimum absolute atomic E-state index is 0.0161. The SMILES string of the molecule is Cc1ccc2c(c1)CCC(C)(C)O2. The van der Waals surface area contributed by atoms with Gasteiger partial charge < -0.3 is 4.74 Å². The number of fused-ring (bicyclic) bond motifs is 1. The Balaban J connectivity index is 2.37. The summed E-state index contributed by atoms with van der Waals surface area (Å²) in [5.41, 5.74) is 2.70. The molecule has 0 unspecified atom stereocenters. The van der Waals surface area contributed by atoms with Gasteiger partial charge in [-0.05, 0) is 45.2 Å². The van der Waals surface area contributed by atoms with Crippen LogP contribution >= 0.6 is 0 Å². The summed E-state index contributed by atoms with van der Waals surface area (Å²) in [5, 5.41) is 0. The van der Waals surface area contributed by atoms with Crippen molar-refractivity contribution in [2.45, 2.75) is 39.2 Å². The van der Waals surface area contributed by atoms with Gasteiger partial charge in [-0.3, -0.25) is 0 Å². The van der Waals surface area contributed by atoms with Gasteiger partial charge in [-0.1, -0.05) is 17.7 Å². The molecule has 2 rings (SSSR count). The van der Waals surface area contributed by atoms with Crippen LogP contribution < -0.4 is 4.74 Å². The maximum absolute atomic E-state index is 5.87. The Kier molecular flexibility index (Phi) is 1.83. The fourth-order valence-corrected chi connectivity index (χ4v) is 1.79. The zero-order chi connectivity index (χ0) is 9.47. The van der Waals surface area contributed by atoms with Crippen molar-refractivity contribution in [2.24, 2.45) is 0 Å². The lowest BCUT2D eigenvalue weighted by molar-refractivity contribution is 0.0846. The van der Waals surface area contributed by atoms with Gasteiger partial charge in [0, 0.05) is 0 Å². The van der Waals surface area contributed by atoms with E-state index in [1.54, 1.807) is 0 Å². The van der Waals surface area contributed by atoms with Gasteiger partial charge in [-0.25, -0.2) is 0 Å². The highest BCUT2D eigenvalue weighted by Crippen LogP contribution is 2.33. The summed E-state index contributed by atoms with van der Waals surface area (Å²) in [7, 11) is 0. The maximum Gasteiger partial charge on any atom is 0.123 e. The van der Waals surface area contributed by atoms with Crippen LogP contribution in [0.5, 0.6) is 5.75 Å². The van der Waals surface area contributed by atoms with E-state index in [1.807, 2.05) is 0 Å². The first-order valence-corrected chi connectivity index (χ1v) is 4.85. The van der Waals surface area contributed by atoms with Gasteiger partial charge in [0.1, 0.15) is 11.4 Å². The first-order valence-electron chi connectivity index (χ1n) is 4.85. The molecule has 13 heavy (non-hydrogen) atoms. The molecule has 0 amide bonds. The standard InChI is InChI=1S/C12H16O/c1-9-4-5-11-10(8-9)6-7-12(2,3)13-11/h4-5,8H,6-7H2,1-3H3. The van der Waals surface area contributed by atoms with E-state index in [-0.39, 0.29) is 5.60 Å². The molecule has 0 fully saturated rings. The summed E-state index contributed by atoms with van der Waals surface area (Å²) in [6.45, 7) is 6.42. The number of hydrogen-bond acceptors (Lipinski definition) is 1. The summed E-state index contributed by atoms with van der Waals surface area (Å²) in [6, 6.07) is 6.43. The quantitative estimate of drug-likeness (QED) is 0.590. The van der Waals surface area contributed by atoms with Crippen LogP contribution in [-0.4, -0.2) is 5.60 Å². The van der Waals surface area contributed by atoms with E-state index in [1.165, 1.54) is 11.1 Å². The van der Waals surface area contributed by atoms with Crippen molar-refractivity contribution in [3.8, 4) is 5.75 Å². The van der Waals surface area contributed by atoms with Gasteiger partial charge in [-0.15, -0.1) is 0 Å². The summed E-state index contributed by atoms with van der Waals surface area (Å²) >= 11 is 0. The molecule has 0 spiro atoms. The zero-order valence-corrected chi connectivity index (χ0v) is 8.55. The number of rotatable bonds is 0. The monoisotopic (exact) mass is 176 g/mol. The highest BCUT2D eigenvalue weighted by atomic mass is 16.5. The molecule has 0 bridgehead atoms. The van der Waals surface area contributed by atoms with Crippen LogP contribution in [0.15, 0.2) is 18.2 Å². The third kappa shape index (κ3) is 1.69. The number of ether oxygens (including phenoxy) is 1. The second kappa shape index (κ2) is 2.76. The van der Waals surface area contributed by atoms with Crippen LogP contribution in [0.3, 0.4) is 0 Å². The Labute approximate surface area is 79.7 Å². The van der Waals surface area contributed by atoms with Crippen LogP contribution in [0.2, 0.25) is 0 Å². The molecule has 1 aliphatic rings. The first kappa shape index (κ1) is 8.61. The Hall–Kier alpha value is -0.980. The van der Waals surface area contributed by atoms with Gasteiger partial charge in [0.25, 0.3) is 0 Å². The lowest BCUT2D eigenvalue weighted by Gasteiger charge is -2.32. The minimum Gasteiger partial charge on any atom is -0.488 e. The van der Waals surface area contributed by atoms with Crippen LogP contribution in [-0.2, 0) is 6.42 Å². The molecule has 0 aromatic heterocycles. The van der Waals surface area contributed by atoms with Gasteiger partial charge in [0.05, 0.1) is 0 Å². The Morgan fingerprint density at radius 1 is 1.31 bits per heavy atom. The average Bonchev–Trinajstić information content (AvgIpc) is 2.05. The van der Waals surface area contributed by atoms with Gasteiger partial charge in [0.2, 0.25) is 0 Å². The molecular weight excluding hydrogens is 160 g/mol. The topological polar surface area (TPSA) is 9.23 Å². The molecule has 0 aliphatic carbocycles. The zero-order valence-electron chi connectivity index (χ0n) is 8.55. The molecular formula is C12H16O. The van der Waals surface area contributed by atoms with Gasteiger partial charge in [0.15, 0.2) is 0 Å². The largest absolute Gasteiger partial charge is 0.488 e. The average molecular weight is 176 g/mol. The molecule has 0 N–H and O–H groups in total. The summed E-state index contributed by atoms with van der Waals surface area (Å²) in [4.78, 5) is 0. The van der Waals surface area contributed by atoms with E-state index in [4.69, 9.17) is 4.74 Å². The number of aryl methyl sites for hydroxylation is 2. The third-order valence-corrected chi connectivity index (χ3v) is 2.60. The molecule has 1 aromatic rings. The van der Waals surface area contributed by atoms with Crippen LogP contribution in [0.4, 0.5) is 0 Å². The van der Waals surface area contributed by atoms with Gasteiger partial charge in [-0.2, -0.15) is 0 Å². The fraction of sp³-hybridized carbons (Fsp3) is 0.500. The molecule has 1 nitrogen and oxygen atoms in total. The van der Waals surface area contributed by atoms with Crippen molar-refractivity contribution in [1.82, 2.24) is 0 Å². The van der Waals surface area contributed by atoms with E-state index in [9.17, 15) is 0 Å². The predicted octanol–water partition coefficient (Wildman–Crippen LogP) is 3.10. The van der Waals surface area contributed by atoms with Crippen molar-refractivity contribution in [3.63, 3.8) is 0 Å². The normalized spacial score (nSPS) is 19.0. The van der Waals surface area contributed by atoms with Crippen molar-refractivity contribution in [2.75, 3.05) is 0 Å². The number of hydrogen-bond donors (Lipinski definition) is 0. The predicted molar refractivity (Wildman–Crippen MR) is 54.2 cm³/mol. The molecule has 0 atom stereocenters. The van der Waals surface area contributed by atoms with Crippen molar-refractivity contribution in [3.05, 3.63) is 29.3 Å². The van der Waals surface area contributed by atoms with Crippen molar-refractivity contribution >= 4 is 0 Å². The molecule has 1 aromatic carbocycles. The highest BCUT2D eigenvalue weighted by Gasteiger charge is 2.25. The smallest absolute Gasteiger partial charge is 0.123 e. The maximum atomic E-state index is 5.87. The van der Waals surface area contributed by atoms with Crippen LogP contribution in [0, 0.1) is 6.92 Å². The number of benzene rings is 1. The highest BCUT2D eigenvalue weighted by molar-refractivity contribution is 5.38. The van der Waals surface area contributed by atoms with E-state index >= 15 is 0 Å². The molecule has 0 saturated carbocycles. The molecule has 70 valence electrons. The second-order valence-corrected chi connectivity index (χ2v) is 4.47. The van der Waals surface area contributed by atoms with E-state index in [2.05, 4.69) is 39.0 Å². The lowest BCUT2D eigenvalue weighted by Crippen LogP contribution is -2.32. The summed E-state index contributed by atoms with van der Waals surface area (Å²) in [5.74, 6) is 1.07. The summed E-state index contributed by atoms with van der Waals surface area (Å²) in [6.07, 6.45) is 2.26. The second-order valence-electron chi connectivity index (χ2n) is 4.47. The molecule has 0 radical (unpaired) electrons. The Morgan fingerprint density at radius 2 is 2.08 bits per heavy atom. The Bertz CT molecular complexity index is 326.